The molecular formula is C10H12N2O3. The highest BCUT2D eigenvalue weighted by molar-refractivity contribution is 5.92. The average Bonchev–Trinajstić information content (AvgIpc) is 2.15. The van der Waals surface area contributed by atoms with E-state index in [1.54, 1.807) is 19.1 Å². The molecule has 15 heavy (non-hydrogen) atoms. The van der Waals surface area contributed by atoms with Crippen molar-refractivity contribution in [2.24, 2.45) is 0 Å². The molecule has 1 rings (SSSR count). The summed E-state index contributed by atoms with van der Waals surface area (Å²) in [5.41, 5.74) is 1.82. The highest BCUT2D eigenvalue weighted by atomic mass is 16.4. The predicted octanol–water partition coefficient (Wildman–Crippen LogP) is 1.36. The summed E-state index contributed by atoms with van der Waals surface area (Å²) >= 11 is 0. The van der Waals surface area contributed by atoms with Crippen LogP contribution in [0.25, 0.3) is 0 Å². The number of Topliss-reactive ketones (excluding diaryl/α,β-unsaturated/α-hetero) is 1. The molecule has 5 heteroatoms. The van der Waals surface area contributed by atoms with Gasteiger partial charge in [-0.2, -0.15) is 0 Å². The van der Waals surface area contributed by atoms with Crippen LogP contribution in [0.2, 0.25) is 0 Å². The van der Waals surface area contributed by atoms with Crippen molar-refractivity contribution in [1.29, 1.82) is 0 Å². The molecule has 80 valence electrons. The van der Waals surface area contributed by atoms with Crippen molar-refractivity contribution in [2.45, 2.75) is 20.4 Å². The fourth-order valence-corrected chi connectivity index (χ4v) is 1.14. The van der Waals surface area contributed by atoms with Gasteiger partial charge in [-0.05, 0) is 18.6 Å². The molecule has 1 aromatic heterocycles. The number of hydrogen-bond acceptors (Lipinski definition) is 3. The van der Waals surface area contributed by atoms with Crippen LogP contribution < -0.4 is 5.32 Å². The van der Waals surface area contributed by atoms with E-state index in [9.17, 15) is 9.59 Å². The van der Waals surface area contributed by atoms with E-state index in [4.69, 9.17) is 5.11 Å². The Morgan fingerprint density at radius 1 is 1.47 bits per heavy atom. The fraction of sp³-hybridized carbons (Fsp3) is 0.300. The topological polar surface area (TPSA) is 79.3 Å². The molecule has 0 radical (unpaired) electrons. The summed E-state index contributed by atoms with van der Waals surface area (Å²) in [5, 5.41) is 10.7. The van der Waals surface area contributed by atoms with Crippen LogP contribution in [0.3, 0.4) is 0 Å². The maximum absolute atomic E-state index is 11.0. The molecule has 0 aliphatic heterocycles. The van der Waals surface area contributed by atoms with Crippen LogP contribution >= 0.6 is 0 Å². The van der Waals surface area contributed by atoms with E-state index in [1.807, 2.05) is 0 Å². The molecule has 2 N–H and O–H groups in total. The monoisotopic (exact) mass is 208 g/mol. The zero-order valence-electron chi connectivity index (χ0n) is 8.57. The minimum Gasteiger partial charge on any atom is -0.465 e. The van der Waals surface area contributed by atoms with E-state index in [2.05, 4.69) is 10.3 Å². The Morgan fingerprint density at radius 3 is 2.60 bits per heavy atom. The molecule has 0 atom stereocenters. The summed E-state index contributed by atoms with van der Waals surface area (Å²) in [6, 6.07) is 3.29. The molecule has 0 fully saturated rings. The number of aryl methyl sites for hydroxylation is 1. The van der Waals surface area contributed by atoms with Crippen molar-refractivity contribution in [2.75, 3.05) is 0 Å². The van der Waals surface area contributed by atoms with Gasteiger partial charge in [-0.1, -0.05) is 6.07 Å². The van der Waals surface area contributed by atoms with Gasteiger partial charge in [0.2, 0.25) is 0 Å². The van der Waals surface area contributed by atoms with Crippen LogP contribution in [0.5, 0.6) is 0 Å². The van der Waals surface area contributed by atoms with Gasteiger partial charge >= 0.3 is 6.09 Å². The number of aromatic nitrogens is 1. The zero-order valence-corrected chi connectivity index (χ0v) is 8.57. The number of amides is 1. The number of pyridine rings is 1. The molecule has 0 spiro atoms. The number of carboxylic acid groups (broad SMARTS) is 1. The van der Waals surface area contributed by atoms with Gasteiger partial charge in [0.1, 0.15) is 5.69 Å². The number of carbonyl (C=O) groups is 2. The van der Waals surface area contributed by atoms with Crippen molar-refractivity contribution in [3.8, 4) is 0 Å². The van der Waals surface area contributed by atoms with Gasteiger partial charge in [-0.25, -0.2) is 9.78 Å². The number of hydrogen-bond donors (Lipinski definition) is 2. The lowest BCUT2D eigenvalue weighted by atomic mass is 10.1. The average molecular weight is 208 g/mol. The molecule has 1 aromatic rings. The van der Waals surface area contributed by atoms with Crippen molar-refractivity contribution in [3.05, 3.63) is 29.1 Å². The SMILES string of the molecule is CC(=O)c1ccc(CNC(=O)O)c(C)n1. The minimum atomic E-state index is -1.08. The van der Waals surface area contributed by atoms with E-state index < -0.39 is 6.09 Å². The lowest BCUT2D eigenvalue weighted by Gasteiger charge is -2.05. The summed E-state index contributed by atoms with van der Waals surface area (Å²) < 4.78 is 0. The summed E-state index contributed by atoms with van der Waals surface area (Å²) in [6.45, 7) is 3.38. The first kappa shape index (κ1) is 11.2. The van der Waals surface area contributed by atoms with Gasteiger partial charge in [0.05, 0.1) is 0 Å². The summed E-state index contributed by atoms with van der Waals surface area (Å²) in [5.74, 6) is -0.101. The minimum absolute atomic E-state index is 0.101. The second-order valence-electron chi connectivity index (χ2n) is 3.16. The molecule has 0 aliphatic rings. The number of nitrogens with one attached hydrogen (secondary N) is 1. The molecular weight excluding hydrogens is 196 g/mol. The first-order chi connectivity index (χ1) is 7.00. The van der Waals surface area contributed by atoms with Crippen LogP contribution in [-0.4, -0.2) is 22.0 Å². The van der Waals surface area contributed by atoms with Gasteiger partial charge in [-0.3, -0.25) is 4.79 Å². The van der Waals surface area contributed by atoms with Gasteiger partial charge in [-0.15, -0.1) is 0 Å². The third kappa shape index (κ3) is 3.05. The lowest BCUT2D eigenvalue weighted by molar-refractivity contribution is 0.101. The number of nitrogens with zero attached hydrogens (tertiary/aromatic N) is 1. The Morgan fingerprint density at radius 2 is 2.13 bits per heavy atom. The third-order valence-electron chi connectivity index (χ3n) is 1.99. The normalized spacial score (nSPS) is 9.73. The maximum Gasteiger partial charge on any atom is 0.404 e. The van der Waals surface area contributed by atoms with Crippen molar-refractivity contribution in [3.63, 3.8) is 0 Å². The van der Waals surface area contributed by atoms with Gasteiger partial charge in [0.15, 0.2) is 5.78 Å². The standard InChI is InChI=1S/C10H12N2O3/c1-6-8(5-11-10(14)15)3-4-9(12-6)7(2)13/h3-4,11H,5H2,1-2H3,(H,14,15). The highest BCUT2D eigenvalue weighted by Gasteiger charge is 2.05. The Balaban J connectivity index is 2.83. The van der Waals surface area contributed by atoms with Crippen LogP contribution in [-0.2, 0) is 6.54 Å². The zero-order chi connectivity index (χ0) is 11.4. The van der Waals surface area contributed by atoms with E-state index in [-0.39, 0.29) is 12.3 Å². The largest absolute Gasteiger partial charge is 0.465 e. The van der Waals surface area contributed by atoms with Gasteiger partial charge in [0, 0.05) is 19.2 Å². The molecule has 0 aliphatic carbocycles. The molecule has 5 nitrogen and oxygen atoms in total. The van der Waals surface area contributed by atoms with Crippen molar-refractivity contribution < 1.29 is 14.7 Å². The van der Waals surface area contributed by atoms with Crippen LogP contribution in [0, 0.1) is 6.92 Å². The van der Waals surface area contributed by atoms with E-state index in [0.717, 1.165) is 5.56 Å². The second kappa shape index (κ2) is 4.54. The molecule has 0 bridgehead atoms. The summed E-state index contributed by atoms with van der Waals surface area (Å²) in [7, 11) is 0. The van der Waals surface area contributed by atoms with Gasteiger partial charge < -0.3 is 10.4 Å². The Labute approximate surface area is 87.1 Å². The number of ketones is 1. The third-order valence-corrected chi connectivity index (χ3v) is 1.99. The molecule has 1 heterocycles. The van der Waals surface area contributed by atoms with Crippen LogP contribution in [0.15, 0.2) is 12.1 Å². The lowest BCUT2D eigenvalue weighted by Crippen LogP contribution is -2.20. The Bertz CT molecular complexity index is 402. The van der Waals surface area contributed by atoms with Crippen molar-refractivity contribution >= 4 is 11.9 Å². The maximum atomic E-state index is 11.0. The van der Waals surface area contributed by atoms with E-state index >= 15 is 0 Å². The van der Waals surface area contributed by atoms with E-state index in [0.29, 0.717) is 11.4 Å². The molecule has 1 amide bonds. The van der Waals surface area contributed by atoms with Crippen molar-refractivity contribution in [1.82, 2.24) is 10.3 Å². The summed E-state index contributed by atoms with van der Waals surface area (Å²) in [6.07, 6.45) is -1.08. The summed E-state index contributed by atoms with van der Waals surface area (Å²) in [4.78, 5) is 25.3. The predicted molar refractivity (Wildman–Crippen MR) is 53.8 cm³/mol. The second-order valence-corrected chi connectivity index (χ2v) is 3.16. The first-order valence-electron chi connectivity index (χ1n) is 4.45. The Kier molecular flexibility index (Phi) is 3.38. The quantitative estimate of drug-likeness (QED) is 0.735. The number of rotatable bonds is 3. The molecule has 0 saturated heterocycles. The van der Waals surface area contributed by atoms with Crippen LogP contribution in [0.1, 0.15) is 28.7 Å². The van der Waals surface area contributed by atoms with Crippen LogP contribution in [0.4, 0.5) is 4.79 Å². The molecule has 0 unspecified atom stereocenters. The van der Waals surface area contributed by atoms with Gasteiger partial charge in [0.25, 0.3) is 0 Å². The number of carbonyl (C=O) groups excluding carboxylic acids is 1. The Hall–Kier alpha value is -1.91. The molecule has 0 saturated carbocycles. The molecule has 0 aromatic carbocycles. The smallest absolute Gasteiger partial charge is 0.404 e. The van der Waals surface area contributed by atoms with E-state index in [1.165, 1.54) is 6.92 Å². The highest BCUT2D eigenvalue weighted by Crippen LogP contribution is 2.07. The fourth-order valence-electron chi connectivity index (χ4n) is 1.14. The first-order valence-corrected chi connectivity index (χ1v) is 4.45.